The van der Waals surface area contributed by atoms with Gasteiger partial charge in [-0.05, 0) is 25.1 Å². The highest BCUT2D eigenvalue weighted by Gasteiger charge is 2.28. The van der Waals surface area contributed by atoms with Crippen LogP contribution in [0.25, 0.3) is 0 Å². The summed E-state index contributed by atoms with van der Waals surface area (Å²) in [4.78, 5) is 38.7. The molecule has 0 aliphatic carbocycles. The number of hydrogen-bond donors (Lipinski definition) is 1. The molecular weight excluding hydrogens is 432 g/mol. The number of nitrogens with two attached hydrogens (primary N) is 1. The number of nitrogens with zero attached hydrogens (tertiary/aromatic N) is 3. The van der Waals surface area contributed by atoms with E-state index in [1.807, 2.05) is 0 Å². The number of ketones is 1. The maximum atomic E-state index is 13.2. The van der Waals surface area contributed by atoms with Gasteiger partial charge in [0.05, 0.1) is 32.0 Å². The van der Waals surface area contributed by atoms with Crippen LogP contribution in [0.5, 0.6) is 11.5 Å². The van der Waals surface area contributed by atoms with Crippen LogP contribution in [-0.4, -0.2) is 53.5 Å². The predicted molar refractivity (Wildman–Crippen MR) is 115 cm³/mol. The number of benzene rings is 2. The Morgan fingerprint density at radius 2 is 1.55 bits per heavy atom. The van der Waals surface area contributed by atoms with E-state index in [1.54, 1.807) is 37.3 Å². The molecule has 0 bridgehead atoms. The number of aromatic nitrogens is 3. The number of ether oxygens (including phenoxy) is 4. The summed E-state index contributed by atoms with van der Waals surface area (Å²) in [6.45, 7) is 1.23. The molecule has 0 fully saturated rings. The molecule has 0 amide bonds. The van der Waals surface area contributed by atoms with Gasteiger partial charge in [-0.25, -0.2) is 9.59 Å². The summed E-state index contributed by atoms with van der Waals surface area (Å²) in [5.74, 6) is -1.59. The molecular formula is C22H22N4O7. The highest BCUT2D eigenvalue weighted by Crippen LogP contribution is 2.33. The third-order valence-electron chi connectivity index (χ3n) is 4.46. The average molecular weight is 454 g/mol. The molecule has 11 heteroatoms. The first-order valence-electron chi connectivity index (χ1n) is 9.80. The Labute approximate surface area is 189 Å². The van der Waals surface area contributed by atoms with Gasteiger partial charge in [0.15, 0.2) is 17.2 Å². The van der Waals surface area contributed by atoms with Crippen LogP contribution >= 0.6 is 0 Å². The lowest BCUT2D eigenvalue weighted by Gasteiger charge is -2.11. The van der Waals surface area contributed by atoms with Gasteiger partial charge in [-0.3, -0.25) is 4.79 Å². The van der Waals surface area contributed by atoms with Crippen LogP contribution < -0.4 is 15.2 Å². The summed E-state index contributed by atoms with van der Waals surface area (Å²) < 4.78 is 20.6. The molecule has 0 aliphatic rings. The Morgan fingerprint density at radius 1 is 0.909 bits per heavy atom. The van der Waals surface area contributed by atoms with Gasteiger partial charge in [-0.1, -0.05) is 18.2 Å². The van der Waals surface area contributed by atoms with Crippen LogP contribution in [-0.2, 0) is 16.2 Å². The summed E-state index contributed by atoms with van der Waals surface area (Å²) in [6.07, 6.45) is 0. The molecule has 3 aromatic rings. The van der Waals surface area contributed by atoms with Gasteiger partial charge in [-0.2, -0.15) is 0 Å². The number of nitrogen functional groups attached to an aromatic ring is 1. The predicted octanol–water partition coefficient (Wildman–Crippen LogP) is 2.10. The first kappa shape index (κ1) is 23.3. The van der Waals surface area contributed by atoms with E-state index in [9.17, 15) is 14.4 Å². The molecule has 0 atom stereocenters. The first-order chi connectivity index (χ1) is 15.9. The first-order valence-corrected chi connectivity index (χ1v) is 9.80. The van der Waals surface area contributed by atoms with Crippen molar-refractivity contribution in [3.05, 3.63) is 65.0 Å². The van der Waals surface area contributed by atoms with Gasteiger partial charge in [0.25, 0.3) is 0 Å². The number of esters is 2. The lowest BCUT2D eigenvalue weighted by molar-refractivity contribution is 0.0319. The van der Waals surface area contributed by atoms with E-state index in [1.165, 1.54) is 26.4 Å². The molecule has 1 heterocycles. The number of methoxy groups -OCH3 is 2. The molecule has 3 rings (SSSR count). The van der Waals surface area contributed by atoms with E-state index < -0.39 is 24.5 Å². The van der Waals surface area contributed by atoms with Crippen LogP contribution in [0.4, 0.5) is 5.69 Å². The Balaban J connectivity index is 1.93. The quantitative estimate of drug-likeness (QED) is 0.290. The van der Waals surface area contributed by atoms with Gasteiger partial charge in [-0.15, -0.1) is 15.0 Å². The van der Waals surface area contributed by atoms with E-state index >= 15 is 0 Å². The van der Waals surface area contributed by atoms with Crippen molar-refractivity contribution >= 4 is 23.4 Å². The molecule has 2 aromatic carbocycles. The third kappa shape index (κ3) is 5.09. The summed E-state index contributed by atoms with van der Waals surface area (Å²) >= 11 is 0. The maximum Gasteiger partial charge on any atom is 0.361 e. The molecule has 11 nitrogen and oxygen atoms in total. The number of carbonyl (C=O) groups is 3. The van der Waals surface area contributed by atoms with Crippen molar-refractivity contribution in [3.63, 3.8) is 0 Å². The van der Waals surface area contributed by atoms with E-state index in [2.05, 4.69) is 10.2 Å². The zero-order valence-electron chi connectivity index (χ0n) is 18.2. The number of anilines is 1. The van der Waals surface area contributed by atoms with Crippen molar-refractivity contribution in [2.24, 2.45) is 0 Å². The molecule has 1 aromatic heterocycles. The highest BCUT2D eigenvalue weighted by atomic mass is 16.5. The monoisotopic (exact) mass is 454 g/mol. The second-order valence-corrected chi connectivity index (χ2v) is 6.54. The van der Waals surface area contributed by atoms with Crippen LogP contribution in [0.2, 0.25) is 0 Å². The van der Waals surface area contributed by atoms with Gasteiger partial charge >= 0.3 is 11.9 Å². The Hall–Kier alpha value is -4.41. The van der Waals surface area contributed by atoms with Crippen molar-refractivity contribution in [2.75, 3.05) is 26.6 Å². The minimum absolute atomic E-state index is 0.0199. The van der Waals surface area contributed by atoms with Crippen molar-refractivity contribution in [1.82, 2.24) is 15.0 Å². The Morgan fingerprint density at radius 3 is 2.18 bits per heavy atom. The lowest BCUT2D eigenvalue weighted by Crippen LogP contribution is -2.14. The maximum absolute atomic E-state index is 13.2. The molecule has 0 radical (unpaired) electrons. The molecule has 2 N–H and O–H groups in total. The second-order valence-electron chi connectivity index (χ2n) is 6.54. The smallest absolute Gasteiger partial charge is 0.361 e. The fourth-order valence-corrected chi connectivity index (χ4v) is 2.89. The minimum atomic E-state index is -0.861. The largest absolute Gasteiger partial charge is 0.493 e. The van der Waals surface area contributed by atoms with E-state index in [0.29, 0.717) is 11.3 Å². The number of carbonyl (C=O) groups excluding carboxylic acids is 3. The molecule has 0 aliphatic heterocycles. The van der Waals surface area contributed by atoms with Crippen molar-refractivity contribution in [1.29, 1.82) is 0 Å². The second kappa shape index (κ2) is 10.3. The third-order valence-corrected chi connectivity index (χ3v) is 4.46. The van der Waals surface area contributed by atoms with Gasteiger partial charge in [0.1, 0.15) is 0 Å². The fourth-order valence-electron chi connectivity index (χ4n) is 2.89. The normalized spacial score (nSPS) is 10.4. The van der Waals surface area contributed by atoms with E-state index in [4.69, 9.17) is 24.7 Å². The molecule has 0 spiro atoms. The standard InChI is InChI=1S/C22H22N4O7/c1-4-32-22(29)19-18(20(27)14-10-16(30-2)17(31-3)11-15(14)23)24-26(25-19)12-33-21(28)13-8-6-5-7-9-13/h5-11H,4,12,23H2,1-3H3. The Bertz CT molecular complexity index is 1170. The number of hydrogen-bond acceptors (Lipinski definition) is 10. The van der Waals surface area contributed by atoms with Gasteiger partial charge in [0, 0.05) is 11.8 Å². The fraction of sp³-hybridized carbons (Fsp3) is 0.227. The zero-order valence-corrected chi connectivity index (χ0v) is 18.2. The topological polar surface area (TPSA) is 145 Å². The summed E-state index contributed by atoms with van der Waals surface area (Å²) in [5, 5.41) is 8.03. The average Bonchev–Trinajstić information content (AvgIpc) is 3.27. The summed E-state index contributed by atoms with van der Waals surface area (Å²) in [6, 6.07) is 11.1. The Kier molecular flexibility index (Phi) is 7.24. The van der Waals surface area contributed by atoms with Gasteiger partial charge < -0.3 is 24.7 Å². The van der Waals surface area contributed by atoms with Gasteiger partial charge in [0.2, 0.25) is 18.2 Å². The van der Waals surface area contributed by atoms with Crippen LogP contribution in [0.1, 0.15) is 43.8 Å². The lowest BCUT2D eigenvalue weighted by atomic mass is 10.0. The van der Waals surface area contributed by atoms with Crippen LogP contribution in [0.3, 0.4) is 0 Å². The van der Waals surface area contributed by atoms with Crippen LogP contribution in [0.15, 0.2) is 42.5 Å². The molecule has 0 saturated heterocycles. The molecule has 0 unspecified atom stereocenters. The molecule has 0 saturated carbocycles. The van der Waals surface area contributed by atoms with E-state index in [0.717, 1.165) is 4.80 Å². The summed E-state index contributed by atoms with van der Waals surface area (Å²) in [5.41, 5.74) is 5.78. The minimum Gasteiger partial charge on any atom is -0.493 e. The van der Waals surface area contributed by atoms with E-state index in [-0.39, 0.29) is 35.0 Å². The van der Waals surface area contributed by atoms with Crippen molar-refractivity contribution in [2.45, 2.75) is 13.7 Å². The van der Waals surface area contributed by atoms with Crippen molar-refractivity contribution < 1.29 is 33.3 Å². The SMILES string of the molecule is CCOC(=O)c1nn(COC(=O)c2ccccc2)nc1C(=O)c1cc(OC)c(OC)cc1N. The number of rotatable bonds is 9. The summed E-state index contributed by atoms with van der Waals surface area (Å²) in [7, 11) is 2.84. The molecule has 33 heavy (non-hydrogen) atoms. The molecule has 172 valence electrons. The zero-order chi connectivity index (χ0) is 24.0. The van der Waals surface area contributed by atoms with Crippen LogP contribution in [0, 0.1) is 0 Å². The van der Waals surface area contributed by atoms with Crippen molar-refractivity contribution in [3.8, 4) is 11.5 Å². The highest BCUT2D eigenvalue weighted by molar-refractivity contribution is 6.15.